The van der Waals surface area contributed by atoms with Gasteiger partial charge in [0, 0.05) is 0 Å². The molecule has 0 saturated heterocycles. The summed E-state index contributed by atoms with van der Waals surface area (Å²) in [5.41, 5.74) is 13.0. The van der Waals surface area contributed by atoms with Crippen LogP contribution in [0.15, 0.2) is 39.3 Å². The number of hydrogen-bond donors (Lipinski definition) is 4. The van der Waals surface area contributed by atoms with Crippen LogP contribution < -0.4 is 22.0 Å². The number of rotatable bonds is 4. The molecule has 1 aromatic carbocycles. The first kappa shape index (κ1) is 12.9. The monoisotopic (exact) mass is 256 g/mol. The Morgan fingerprint density at radius 1 is 1.24 bits per heavy atom. The Bertz CT molecular complexity index is 530. The maximum atomic E-state index is 11.0. The Hall–Kier alpha value is -2.13. The van der Waals surface area contributed by atoms with Crippen LogP contribution in [-0.2, 0) is 10.0 Å². The zero-order valence-corrected chi connectivity index (χ0v) is 9.55. The van der Waals surface area contributed by atoms with E-state index in [1.54, 1.807) is 0 Å². The van der Waals surface area contributed by atoms with E-state index in [1.165, 1.54) is 30.6 Å². The number of nitrogens with one attached hydrogen (secondary N) is 1. The summed E-state index contributed by atoms with van der Waals surface area (Å²) in [6.07, 6.45) is 1.26. The van der Waals surface area contributed by atoms with Crippen LogP contribution in [0.25, 0.3) is 0 Å². The van der Waals surface area contributed by atoms with Gasteiger partial charge in [-0.2, -0.15) is 0 Å². The summed E-state index contributed by atoms with van der Waals surface area (Å²) < 4.78 is 21.9. The summed E-state index contributed by atoms with van der Waals surface area (Å²) in [4.78, 5) is 3.93. The second-order valence-electron chi connectivity index (χ2n) is 2.96. The zero-order valence-electron chi connectivity index (χ0n) is 8.74. The average Bonchev–Trinajstić information content (AvgIpc) is 2.23. The Kier molecular flexibility index (Phi) is 4.01. The third-order valence-corrected chi connectivity index (χ3v) is 2.56. The molecule has 1 aromatic rings. The van der Waals surface area contributed by atoms with Gasteiger partial charge in [0.1, 0.15) is 6.34 Å². The first-order valence-electron chi connectivity index (χ1n) is 4.39. The normalized spacial score (nSPS) is 11.4. The van der Waals surface area contributed by atoms with Crippen LogP contribution in [0.4, 0.5) is 5.69 Å². The van der Waals surface area contributed by atoms with Crippen molar-refractivity contribution in [1.82, 2.24) is 5.43 Å². The fourth-order valence-electron chi connectivity index (χ4n) is 0.929. The van der Waals surface area contributed by atoms with E-state index in [2.05, 4.69) is 15.5 Å². The minimum absolute atomic E-state index is 0.0219. The van der Waals surface area contributed by atoms with Gasteiger partial charge in [-0.25, -0.2) is 18.5 Å². The third-order valence-electron chi connectivity index (χ3n) is 1.63. The molecule has 1 rings (SSSR count). The molecule has 0 saturated carbocycles. The van der Waals surface area contributed by atoms with Crippen LogP contribution in [0.5, 0.6) is 0 Å². The molecule has 0 aliphatic rings. The quantitative estimate of drug-likeness (QED) is 0.302. The van der Waals surface area contributed by atoms with Crippen LogP contribution in [0, 0.1) is 0 Å². The van der Waals surface area contributed by atoms with Gasteiger partial charge >= 0.3 is 0 Å². The minimum atomic E-state index is -3.68. The van der Waals surface area contributed by atoms with E-state index in [-0.39, 0.29) is 10.9 Å². The fourth-order valence-corrected chi connectivity index (χ4v) is 1.44. The predicted molar refractivity (Wildman–Crippen MR) is 64.9 cm³/mol. The van der Waals surface area contributed by atoms with Crippen molar-refractivity contribution in [1.29, 1.82) is 0 Å². The highest BCUT2D eigenvalue weighted by Gasteiger charge is 2.05. The van der Waals surface area contributed by atoms with Crippen LogP contribution in [0.2, 0.25) is 0 Å². The molecular weight excluding hydrogens is 244 g/mol. The zero-order chi connectivity index (χ0) is 12.9. The fraction of sp³-hybridized carbons (Fsp3) is 0. The third kappa shape index (κ3) is 4.49. The lowest BCUT2D eigenvalue weighted by Crippen LogP contribution is -2.25. The van der Waals surface area contributed by atoms with Crippen molar-refractivity contribution in [2.45, 2.75) is 4.90 Å². The van der Waals surface area contributed by atoms with Crippen LogP contribution in [0.1, 0.15) is 0 Å². The molecule has 0 amide bonds. The smallest absolute Gasteiger partial charge is 0.238 e. The van der Waals surface area contributed by atoms with Crippen molar-refractivity contribution < 1.29 is 8.42 Å². The first-order valence-corrected chi connectivity index (χ1v) is 5.94. The Morgan fingerprint density at radius 2 is 1.82 bits per heavy atom. The van der Waals surface area contributed by atoms with Crippen molar-refractivity contribution in [3.8, 4) is 0 Å². The average molecular weight is 256 g/mol. The SMILES string of the molecule is NC(N)=NNC=Nc1ccc(S(N)(=O)=O)cc1. The number of hydrazone groups is 1. The lowest BCUT2D eigenvalue weighted by molar-refractivity contribution is 0.598. The van der Waals surface area contributed by atoms with E-state index in [9.17, 15) is 8.42 Å². The molecule has 0 heterocycles. The molecule has 0 aliphatic heterocycles. The second kappa shape index (κ2) is 5.27. The van der Waals surface area contributed by atoms with Gasteiger partial charge < -0.3 is 11.5 Å². The van der Waals surface area contributed by atoms with E-state index >= 15 is 0 Å². The molecule has 0 fully saturated rings. The Balaban J connectivity index is 2.73. The standard InChI is InChI=1S/C8H12N6O2S/c9-8(10)14-13-5-12-6-1-3-7(4-2-6)17(11,15)16/h1-5H,(H,12,13)(H4,9,10,14)(H2,11,15,16). The lowest BCUT2D eigenvalue weighted by atomic mass is 10.3. The van der Waals surface area contributed by atoms with E-state index in [4.69, 9.17) is 16.6 Å². The molecule has 7 N–H and O–H groups in total. The summed E-state index contributed by atoms with van der Waals surface area (Å²) in [7, 11) is -3.68. The number of guanidine groups is 1. The molecular formula is C8H12N6O2S. The predicted octanol–water partition coefficient (Wildman–Crippen LogP) is -1.23. The molecule has 0 unspecified atom stereocenters. The van der Waals surface area contributed by atoms with E-state index in [1.807, 2.05) is 0 Å². The van der Waals surface area contributed by atoms with E-state index < -0.39 is 10.0 Å². The van der Waals surface area contributed by atoms with Crippen molar-refractivity contribution in [3.05, 3.63) is 24.3 Å². The summed E-state index contributed by atoms with van der Waals surface area (Å²) in [5.74, 6) is -0.124. The molecule has 9 heteroatoms. The number of aliphatic imine (C=N–C) groups is 1. The highest BCUT2D eigenvalue weighted by molar-refractivity contribution is 7.89. The number of hydrogen-bond acceptors (Lipinski definition) is 4. The topological polar surface area (TPSA) is 149 Å². The second-order valence-corrected chi connectivity index (χ2v) is 4.52. The van der Waals surface area contributed by atoms with Crippen LogP contribution in [0.3, 0.4) is 0 Å². The van der Waals surface area contributed by atoms with Crippen LogP contribution in [-0.4, -0.2) is 20.7 Å². The first-order chi connectivity index (χ1) is 7.89. The van der Waals surface area contributed by atoms with Gasteiger partial charge in [-0.05, 0) is 24.3 Å². The van der Waals surface area contributed by atoms with E-state index in [0.717, 1.165) is 0 Å². The van der Waals surface area contributed by atoms with Crippen molar-refractivity contribution in [3.63, 3.8) is 0 Å². The largest absolute Gasteiger partial charge is 0.369 e. The summed E-state index contributed by atoms with van der Waals surface area (Å²) in [6.45, 7) is 0. The molecule has 0 spiro atoms. The lowest BCUT2D eigenvalue weighted by Gasteiger charge is -1.98. The molecule has 0 bridgehead atoms. The van der Waals surface area contributed by atoms with Crippen molar-refractivity contribution in [2.75, 3.05) is 0 Å². The van der Waals surface area contributed by atoms with Gasteiger partial charge in [0.25, 0.3) is 0 Å². The number of nitrogens with two attached hydrogens (primary N) is 3. The van der Waals surface area contributed by atoms with E-state index in [0.29, 0.717) is 5.69 Å². The Labute approximate surface area is 98.3 Å². The minimum Gasteiger partial charge on any atom is -0.369 e. The summed E-state index contributed by atoms with van der Waals surface area (Å²) >= 11 is 0. The highest BCUT2D eigenvalue weighted by atomic mass is 32.2. The number of nitrogens with zero attached hydrogens (tertiary/aromatic N) is 2. The van der Waals surface area contributed by atoms with Crippen molar-refractivity contribution >= 4 is 28.0 Å². The number of primary sulfonamides is 1. The molecule has 0 atom stereocenters. The van der Waals surface area contributed by atoms with Gasteiger partial charge in [0.15, 0.2) is 0 Å². The molecule has 0 radical (unpaired) electrons. The maximum Gasteiger partial charge on any atom is 0.238 e. The van der Waals surface area contributed by atoms with Gasteiger partial charge in [-0.1, -0.05) is 0 Å². The molecule has 17 heavy (non-hydrogen) atoms. The molecule has 8 nitrogen and oxygen atoms in total. The summed E-state index contributed by atoms with van der Waals surface area (Å²) in [6, 6.07) is 5.69. The maximum absolute atomic E-state index is 11.0. The number of benzene rings is 1. The molecule has 0 aromatic heterocycles. The molecule has 0 aliphatic carbocycles. The highest BCUT2D eigenvalue weighted by Crippen LogP contribution is 2.14. The molecule has 92 valence electrons. The Morgan fingerprint density at radius 3 is 2.29 bits per heavy atom. The number of sulfonamides is 1. The summed E-state index contributed by atoms with van der Waals surface area (Å²) in [5, 5.41) is 8.39. The van der Waals surface area contributed by atoms with Gasteiger partial charge in [0.2, 0.25) is 16.0 Å². The van der Waals surface area contributed by atoms with Gasteiger partial charge in [-0.3, -0.25) is 5.43 Å². The van der Waals surface area contributed by atoms with Crippen molar-refractivity contribution in [2.24, 2.45) is 26.7 Å². The van der Waals surface area contributed by atoms with Gasteiger partial charge in [-0.15, -0.1) is 5.10 Å². The van der Waals surface area contributed by atoms with Crippen LogP contribution >= 0.6 is 0 Å². The van der Waals surface area contributed by atoms with Gasteiger partial charge in [0.05, 0.1) is 10.6 Å².